The molecule has 1 saturated heterocycles. The van der Waals surface area contributed by atoms with Gasteiger partial charge in [0.25, 0.3) is 0 Å². The van der Waals surface area contributed by atoms with Gasteiger partial charge in [0.15, 0.2) is 6.29 Å². The molecule has 1 aliphatic heterocycles. The van der Waals surface area contributed by atoms with Crippen LogP contribution in [0.15, 0.2) is 24.3 Å². The van der Waals surface area contributed by atoms with Gasteiger partial charge in [-0.05, 0) is 32.1 Å². The third-order valence-electron chi connectivity index (χ3n) is 9.78. The van der Waals surface area contributed by atoms with E-state index < -0.39 is 49.5 Å². The molecule has 9 nitrogen and oxygen atoms in total. The highest BCUT2D eigenvalue weighted by Crippen LogP contribution is 2.22. The van der Waals surface area contributed by atoms with Crippen molar-refractivity contribution in [2.24, 2.45) is 0 Å². The van der Waals surface area contributed by atoms with E-state index in [0.717, 1.165) is 25.7 Å². The molecule has 0 bridgehead atoms. The SMILES string of the molecule is CCCCCCCCCCCCCCCCCCCCC/C=C/CC/C=C/C(O)C(COC1OC(CO)C(O)C(O)C1O)NC(=O)CCCC. The van der Waals surface area contributed by atoms with Crippen molar-refractivity contribution in [3.05, 3.63) is 24.3 Å². The Labute approximate surface area is 305 Å². The van der Waals surface area contributed by atoms with E-state index in [1.165, 1.54) is 122 Å². The zero-order valence-corrected chi connectivity index (χ0v) is 31.9. The molecule has 9 heteroatoms. The van der Waals surface area contributed by atoms with Gasteiger partial charge in [-0.2, -0.15) is 0 Å². The Bertz CT molecular complexity index is 837. The third kappa shape index (κ3) is 23.3. The number of amides is 1. The lowest BCUT2D eigenvalue weighted by molar-refractivity contribution is -0.302. The van der Waals surface area contributed by atoms with E-state index >= 15 is 0 Å². The van der Waals surface area contributed by atoms with Crippen molar-refractivity contribution in [3.8, 4) is 0 Å². The molecule has 1 rings (SSSR count). The maximum absolute atomic E-state index is 12.4. The number of allylic oxidation sites excluding steroid dienone is 3. The molecule has 0 aromatic heterocycles. The van der Waals surface area contributed by atoms with E-state index in [-0.39, 0.29) is 12.5 Å². The molecule has 0 spiro atoms. The third-order valence-corrected chi connectivity index (χ3v) is 9.78. The van der Waals surface area contributed by atoms with Gasteiger partial charge in [0.1, 0.15) is 24.4 Å². The van der Waals surface area contributed by atoms with Crippen molar-refractivity contribution < 1.29 is 39.8 Å². The molecule has 0 aliphatic carbocycles. The second-order valence-corrected chi connectivity index (χ2v) is 14.4. The van der Waals surface area contributed by atoms with Crippen molar-refractivity contribution in [2.75, 3.05) is 13.2 Å². The zero-order chi connectivity index (χ0) is 36.7. The van der Waals surface area contributed by atoms with Crippen LogP contribution in [0.2, 0.25) is 0 Å². The molecule has 1 aliphatic rings. The highest BCUT2D eigenvalue weighted by molar-refractivity contribution is 5.76. The summed E-state index contributed by atoms with van der Waals surface area (Å²) >= 11 is 0. The molecule has 294 valence electrons. The fraction of sp³-hybridized carbons (Fsp3) is 0.878. The number of carbonyl (C=O) groups is 1. The van der Waals surface area contributed by atoms with Gasteiger partial charge < -0.3 is 40.3 Å². The Morgan fingerprint density at radius 2 is 1.14 bits per heavy atom. The summed E-state index contributed by atoms with van der Waals surface area (Å²) in [7, 11) is 0. The van der Waals surface area contributed by atoms with Gasteiger partial charge in [-0.15, -0.1) is 0 Å². The number of hydrogen-bond donors (Lipinski definition) is 6. The van der Waals surface area contributed by atoms with Gasteiger partial charge in [0.05, 0.1) is 25.4 Å². The Kier molecular flexibility index (Phi) is 30.2. The molecule has 1 heterocycles. The smallest absolute Gasteiger partial charge is 0.220 e. The van der Waals surface area contributed by atoms with E-state index in [9.17, 15) is 30.3 Å². The van der Waals surface area contributed by atoms with Crippen LogP contribution in [0.5, 0.6) is 0 Å². The first kappa shape index (κ1) is 46.7. The molecule has 0 radical (unpaired) electrons. The summed E-state index contributed by atoms with van der Waals surface area (Å²) < 4.78 is 11.0. The average molecular weight is 712 g/mol. The standard InChI is InChI=1S/C41H77NO8/c1-3-5-7-8-9-10-11-12-13-14-15-16-17-18-19-20-21-22-23-24-25-26-27-28-29-30-35(44)34(42-37(45)31-6-4-2)33-49-41-40(48)39(47)38(46)36(32-43)50-41/h25-26,29-30,34-36,38-41,43-44,46-48H,3-24,27-28,31-33H2,1-2H3,(H,42,45)/b26-25+,30-29+. The quantitative estimate of drug-likeness (QED) is 0.0302. The minimum absolute atomic E-state index is 0.203. The first-order valence-electron chi connectivity index (χ1n) is 20.6. The van der Waals surface area contributed by atoms with Gasteiger partial charge in [0.2, 0.25) is 5.91 Å². The molecule has 0 saturated carbocycles. The largest absolute Gasteiger partial charge is 0.394 e. The fourth-order valence-electron chi connectivity index (χ4n) is 6.38. The van der Waals surface area contributed by atoms with Crippen LogP contribution in [0.25, 0.3) is 0 Å². The topological polar surface area (TPSA) is 149 Å². The number of hydrogen-bond acceptors (Lipinski definition) is 8. The van der Waals surface area contributed by atoms with Crippen LogP contribution in [0.3, 0.4) is 0 Å². The zero-order valence-electron chi connectivity index (χ0n) is 31.9. The maximum atomic E-state index is 12.4. The average Bonchev–Trinajstić information content (AvgIpc) is 3.12. The highest BCUT2D eigenvalue weighted by Gasteiger charge is 2.44. The Morgan fingerprint density at radius 3 is 1.66 bits per heavy atom. The minimum Gasteiger partial charge on any atom is -0.394 e. The van der Waals surface area contributed by atoms with E-state index in [1.54, 1.807) is 6.08 Å². The number of carbonyl (C=O) groups excluding carboxylic acids is 1. The van der Waals surface area contributed by atoms with Crippen LogP contribution in [-0.4, -0.2) is 87.5 Å². The van der Waals surface area contributed by atoms with Crippen LogP contribution in [0, 0.1) is 0 Å². The van der Waals surface area contributed by atoms with E-state index in [1.807, 2.05) is 13.0 Å². The maximum Gasteiger partial charge on any atom is 0.220 e. The second-order valence-electron chi connectivity index (χ2n) is 14.4. The summed E-state index contributed by atoms with van der Waals surface area (Å²) in [5.41, 5.74) is 0. The molecule has 7 unspecified atom stereocenters. The van der Waals surface area contributed by atoms with Crippen molar-refractivity contribution in [1.82, 2.24) is 5.32 Å². The number of aliphatic hydroxyl groups is 5. The molecule has 1 amide bonds. The summed E-state index contributed by atoms with van der Waals surface area (Å²) in [6.07, 6.45) is 30.8. The second kappa shape index (κ2) is 32.3. The first-order chi connectivity index (χ1) is 24.3. The van der Waals surface area contributed by atoms with Crippen molar-refractivity contribution in [1.29, 1.82) is 0 Å². The van der Waals surface area contributed by atoms with Gasteiger partial charge in [-0.1, -0.05) is 160 Å². The van der Waals surface area contributed by atoms with E-state index in [4.69, 9.17) is 9.47 Å². The Balaban J connectivity index is 2.14. The first-order valence-corrected chi connectivity index (χ1v) is 20.6. The van der Waals surface area contributed by atoms with Crippen LogP contribution < -0.4 is 5.32 Å². The van der Waals surface area contributed by atoms with Crippen molar-refractivity contribution in [3.63, 3.8) is 0 Å². The van der Waals surface area contributed by atoms with Crippen LogP contribution in [-0.2, 0) is 14.3 Å². The van der Waals surface area contributed by atoms with E-state index in [0.29, 0.717) is 12.8 Å². The van der Waals surface area contributed by atoms with Gasteiger partial charge in [0, 0.05) is 6.42 Å². The number of unbranched alkanes of at least 4 members (excludes halogenated alkanes) is 21. The predicted molar refractivity (Wildman–Crippen MR) is 203 cm³/mol. The lowest BCUT2D eigenvalue weighted by atomic mass is 9.99. The lowest BCUT2D eigenvalue weighted by Crippen LogP contribution is -2.60. The van der Waals surface area contributed by atoms with Crippen LogP contribution in [0.4, 0.5) is 0 Å². The van der Waals surface area contributed by atoms with Gasteiger partial charge in [-0.3, -0.25) is 4.79 Å². The lowest BCUT2D eigenvalue weighted by Gasteiger charge is -2.40. The minimum atomic E-state index is -1.56. The monoisotopic (exact) mass is 712 g/mol. The number of rotatable bonds is 33. The summed E-state index contributed by atoms with van der Waals surface area (Å²) in [4.78, 5) is 12.4. The molecule has 6 N–H and O–H groups in total. The summed E-state index contributed by atoms with van der Waals surface area (Å²) in [5.74, 6) is -0.223. The molecule has 50 heavy (non-hydrogen) atoms. The normalized spacial score (nSPS) is 22.4. The Morgan fingerprint density at radius 1 is 0.660 bits per heavy atom. The van der Waals surface area contributed by atoms with Crippen LogP contribution >= 0.6 is 0 Å². The van der Waals surface area contributed by atoms with E-state index in [2.05, 4.69) is 24.4 Å². The number of ether oxygens (including phenoxy) is 2. The van der Waals surface area contributed by atoms with Gasteiger partial charge >= 0.3 is 0 Å². The molecular weight excluding hydrogens is 634 g/mol. The number of aliphatic hydroxyl groups excluding tert-OH is 5. The van der Waals surface area contributed by atoms with Crippen molar-refractivity contribution >= 4 is 5.91 Å². The fourth-order valence-corrected chi connectivity index (χ4v) is 6.38. The summed E-state index contributed by atoms with van der Waals surface area (Å²) in [6, 6.07) is -0.812. The molecule has 7 atom stereocenters. The number of nitrogens with one attached hydrogen (secondary N) is 1. The molecule has 0 aromatic rings. The summed E-state index contributed by atoms with van der Waals surface area (Å²) in [6.45, 7) is 3.50. The van der Waals surface area contributed by atoms with Crippen molar-refractivity contribution in [2.45, 2.75) is 217 Å². The highest BCUT2D eigenvalue weighted by atomic mass is 16.7. The Hall–Kier alpha value is -1.33. The molecule has 0 aromatic carbocycles. The predicted octanol–water partition coefficient (Wildman–Crippen LogP) is 7.55. The molecule has 1 fully saturated rings. The van der Waals surface area contributed by atoms with Gasteiger partial charge in [-0.25, -0.2) is 0 Å². The summed E-state index contributed by atoms with van der Waals surface area (Å²) in [5, 5.41) is 53.3. The molecular formula is C41H77NO8. The van der Waals surface area contributed by atoms with Crippen LogP contribution in [0.1, 0.15) is 174 Å².